The maximum atomic E-state index is 5.01. The molecule has 0 N–H and O–H groups in total. The average molecular weight is 385 g/mol. The molecular formula is C25H28N4. The lowest BCUT2D eigenvalue weighted by Crippen LogP contribution is -2.22. The number of hydrogen-bond donors (Lipinski definition) is 0. The molecule has 4 aromatic heterocycles. The van der Waals surface area contributed by atoms with E-state index < -0.39 is 0 Å². The molecule has 0 saturated heterocycles. The molecule has 0 radical (unpaired) electrons. The summed E-state index contributed by atoms with van der Waals surface area (Å²) in [5.41, 5.74) is 8.45. The van der Waals surface area contributed by atoms with Crippen molar-refractivity contribution >= 4 is 0 Å². The first-order valence-electron chi connectivity index (χ1n) is 9.97. The second-order valence-corrected chi connectivity index (χ2v) is 8.40. The van der Waals surface area contributed by atoms with Gasteiger partial charge in [0.15, 0.2) is 0 Å². The van der Waals surface area contributed by atoms with Crippen LogP contribution in [0.25, 0.3) is 22.5 Å². The highest BCUT2D eigenvalue weighted by atomic mass is 14.9. The first kappa shape index (κ1) is 19.2. The van der Waals surface area contributed by atoms with Crippen LogP contribution in [0, 0.1) is 13.8 Å². The lowest BCUT2D eigenvalue weighted by atomic mass is 9.84. The van der Waals surface area contributed by atoms with Crippen LogP contribution < -0.4 is 0 Å². The van der Waals surface area contributed by atoms with Crippen LogP contribution in [0.1, 0.15) is 36.6 Å². The van der Waals surface area contributed by atoms with E-state index in [9.17, 15) is 0 Å². The van der Waals surface area contributed by atoms with Crippen molar-refractivity contribution in [3.63, 3.8) is 0 Å². The van der Waals surface area contributed by atoms with Gasteiger partial charge in [-0.1, -0.05) is 12.1 Å². The second-order valence-electron chi connectivity index (χ2n) is 8.40. The average Bonchev–Trinajstić information content (AvgIpc) is 3.23. The van der Waals surface area contributed by atoms with Gasteiger partial charge in [0.25, 0.3) is 0 Å². The van der Waals surface area contributed by atoms with Crippen LogP contribution in [-0.4, -0.2) is 19.1 Å². The summed E-state index contributed by atoms with van der Waals surface area (Å²) in [6.07, 6.45) is 4.26. The maximum Gasteiger partial charge on any atom is 0.0721 e. The highest BCUT2D eigenvalue weighted by Crippen LogP contribution is 2.32. The van der Waals surface area contributed by atoms with Crippen molar-refractivity contribution in [3.8, 4) is 22.5 Å². The predicted molar refractivity (Wildman–Crippen MR) is 119 cm³/mol. The summed E-state index contributed by atoms with van der Waals surface area (Å²) in [6.45, 7) is 8.60. The molecule has 0 aliphatic rings. The van der Waals surface area contributed by atoms with Gasteiger partial charge >= 0.3 is 0 Å². The van der Waals surface area contributed by atoms with Gasteiger partial charge in [-0.2, -0.15) is 0 Å². The Balaban J connectivity index is 1.73. The highest BCUT2D eigenvalue weighted by Gasteiger charge is 2.27. The van der Waals surface area contributed by atoms with E-state index in [0.29, 0.717) is 0 Å². The Bertz CT molecular complexity index is 1050. The Hall–Kier alpha value is -3.14. The minimum Gasteiger partial charge on any atom is -0.354 e. The zero-order chi connectivity index (χ0) is 20.8. The molecule has 0 amide bonds. The number of hydrogen-bond acceptors (Lipinski definition) is 2. The van der Waals surface area contributed by atoms with Crippen LogP contribution in [0.3, 0.4) is 0 Å². The Morgan fingerprint density at radius 3 is 1.45 bits per heavy atom. The second kappa shape index (κ2) is 7.03. The van der Waals surface area contributed by atoms with Crippen LogP contribution in [-0.2, 0) is 19.5 Å². The van der Waals surface area contributed by atoms with Crippen molar-refractivity contribution < 1.29 is 0 Å². The fourth-order valence-corrected chi connectivity index (χ4v) is 3.65. The van der Waals surface area contributed by atoms with Gasteiger partial charge in [0.05, 0.1) is 22.8 Å². The molecule has 4 heteroatoms. The van der Waals surface area contributed by atoms with Crippen LogP contribution >= 0.6 is 0 Å². The topological polar surface area (TPSA) is 35.6 Å². The number of aromatic nitrogens is 4. The third kappa shape index (κ3) is 3.51. The van der Waals surface area contributed by atoms with E-state index in [1.807, 2.05) is 0 Å². The molecular weight excluding hydrogens is 356 g/mol. The van der Waals surface area contributed by atoms with Gasteiger partial charge in [0.2, 0.25) is 0 Å². The number of aryl methyl sites for hydroxylation is 4. The lowest BCUT2D eigenvalue weighted by molar-refractivity contribution is 0.597. The number of rotatable bonds is 4. The molecule has 0 spiro atoms. The van der Waals surface area contributed by atoms with E-state index in [4.69, 9.17) is 9.97 Å². The fraction of sp³-hybridized carbons (Fsp3) is 0.280. The predicted octanol–water partition coefficient (Wildman–Crippen LogP) is 5.43. The smallest absolute Gasteiger partial charge is 0.0721 e. The Kier molecular flexibility index (Phi) is 4.65. The number of nitrogens with zero attached hydrogens (tertiary/aromatic N) is 4. The molecule has 4 rings (SSSR count). The summed E-state index contributed by atoms with van der Waals surface area (Å²) >= 11 is 0. The van der Waals surface area contributed by atoms with Gasteiger partial charge in [-0.25, -0.2) is 0 Å². The van der Waals surface area contributed by atoms with E-state index in [2.05, 4.69) is 112 Å². The van der Waals surface area contributed by atoms with E-state index in [-0.39, 0.29) is 5.41 Å². The van der Waals surface area contributed by atoms with Crippen LogP contribution in [0.5, 0.6) is 0 Å². The van der Waals surface area contributed by atoms with Crippen molar-refractivity contribution in [1.29, 1.82) is 0 Å². The van der Waals surface area contributed by atoms with Gasteiger partial charge in [-0.3, -0.25) is 9.97 Å². The SMILES string of the molecule is Cc1cc(-c2cccc(C(C)(C)c3cccc(-c4cc(C)n(C)c4)n3)n2)cn1C. The molecule has 4 heterocycles. The van der Waals surface area contributed by atoms with Gasteiger partial charge in [0, 0.05) is 54.4 Å². The summed E-state index contributed by atoms with van der Waals surface area (Å²) in [5.74, 6) is 0. The van der Waals surface area contributed by atoms with Crippen molar-refractivity contribution in [2.75, 3.05) is 0 Å². The van der Waals surface area contributed by atoms with Gasteiger partial charge < -0.3 is 9.13 Å². The highest BCUT2D eigenvalue weighted by molar-refractivity contribution is 5.61. The Morgan fingerprint density at radius 1 is 0.690 bits per heavy atom. The van der Waals surface area contributed by atoms with Crippen LogP contribution in [0.4, 0.5) is 0 Å². The molecule has 4 aromatic rings. The monoisotopic (exact) mass is 384 g/mol. The minimum absolute atomic E-state index is 0.306. The zero-order valence-corrected chi connectivity index (χ0v) is 18.1. The maximum absolute atomic E-state index is 5.01. The molecule has 0 unspecified atom stereocenters. The quantitative estimate of drug-likeness (QED) is 0.470. The number of pyridine rings is 2. The van der Waals surface area contributed by atoms with Crippen LogP contribution in [0.2, 0.25) is 0 Å². The van der Waals surface area contributed by atoms with E-state index in [1.54, 1.807) is 0 Å². The Morgan fingerprint density at radius 2 is 1.10 bits per heavy atom. The fourth-order valence-electron chi connectivity index (χ4n) is 3.65. The van der Waals surface area contributed by atoms with Crippen molar-refractivity contribution in [2.45, 2.75) is 33.1 Å². The van der Waals surface area contributed by atoms with Crippen molar-refractivity contribution in [2.24, 2.45) is 14.1 Å². The first-order valence-corrected chi connectivity index (χ1v) is 9.97. The molecule has 0 bridgehead atoms. The van der Waals surface area contributed by atoms with E-state index in [0.717, 1.165) is 33.9 Å². The summed E-state index contributed by atoms with van der Waals surface area (Å²) in [5, 5.41) is 0. The molecule has 148 valence electrons. The summed E-state index contributed by atoms with van der Waals surface area (Å²) in [7, 11) is 4.13. The van der Waals surface area contributed by atoms with Crippen molar-refractivity contribution in [3.05, 3.63) is 83.7 Å². The van der Waals surface area contributed by atoms with E-state index in [1.165, 1.54) is 11.4 Å². The van der Waals surface area contributed by atoms with Crippen LogP contribution in [0.15, 0.2) is 60.9 Å². The minimum atomic E-state index is -0.306. The molecule has 0 saturated carbocycles. The van der Waals surface area contributed by atoms with Gasteiger partial charge in [-0.05, 0) is 64.1 Å². The molecule has 0 fully saturated rings. The third-order valence-electron chi connectivity index (χ3n) is 5.88. The van der Waals surface area contributed by atoms with Gasteiger partial charge in [0.1, 0.15) is 0 Å². The standard InChI is InChI=1S/C25H28N4/c1-17-13-19(15-28(17)5)21-9-7-11-23(26-21)25(3,4)24-12-8-10-22(27-24)20-14-18(2)29(6)16-20/h7-16H,1-6H3. The lowest BCUT2D eigenvalue weighted by Gasteiger charge is -2.24. The molecule has 0 aliphatic carbocycles. The summed E-state index contributed by atoms with van der Waals surface area (Å²) < 4.78 is 4.25. The Labute approximate surface area is 172 Å². The molecule has 4 nitrogen and oxygen atoms in total. The third-order valence-corrected chi connectivity index (χ3v) is 5.88. The van der Waals surface area contributed by atoms with E-state index >= 15 is 0 Å². The molecule has 0 atom stereocenters. The first-order chi connectivity index (χ1) is 13.8. The molecule has 0 aromatic carbocycles. The van der Waals surface area contributed by atoms with Gasteiger partial charge in [-0.15, -0.1) is 0 Å². The zero-order valence-electron chi connectivity index (χ0n) is 18.1. The summed E-state index contributed by atoms with van der Waals surface area (Å²) in [6, 6.07) is 16.9. The molecule has 0 aliphatic heterocycles. The normalized spacial score (nSPS) is 11.8. The molecule has 29 heavy (non-hydrogen) atoms. The largest absolute Gasteiger partial charge is 0.354 e. The van der Waals surface area contributed by atoms with Crippen molar-refractivity contribution in [1.82, 2.24) is 19.1 Å². The summed E-state index contributed by atoms with van der Waals surface area (Å²) in [4.78, 5) is 10.0.